The molecule has 0 atom stereocenters. The van der Waals surface area contributed by atoms with E-state index in [9.17, 15) is 9.59 Å². The van der Waals surface area contributed by atoms with Crippen LogP contribution in [0.1, 0.15) is 13.8 Å². The van der Waals surface area contributed by atoms with Crippen LogP contribution in [0.4, 0.5) is 15.4 Å². The molecular formula is C14H14ClN3O7. The Hall–Kier alpha value is -3.01. The summed E-state index contributed by atoms with van der Waals surface area (Å²) < 4.78 is 14.6. The van der Waals surface area contributed by atoms with Crippen LogP contribution in [0.2, 0.25) is 5.02 Å². The van der Waals surface area contributed by atoms with E-state index in [1.807, 2.05) is 0 Å². The molecule has 0 aliphatic carbocycles. The van der Waals surface area contributed by atoms with Crippen molar-refractivity contribution in [3.05, 3.63) is 28.8 Å². The largest absolute Gasteiger partial charge is 0.535 e. The van der Waals surface area contributed by atoms with Gasteiger partial charge in [0.1, 0.15) is 5.52 Å². The van der Waals surface area contributed by atoms with E-state index in [2.05, 4.69) is 34.8 Å². The topological polar surface area (TPSA) is 121 Å². The number of anilines is 1. The fourth-order valence-corrected chi connectivity index (χ4v) is 1.74. The summed E-state index contributed by atoms with van der Waals surface area (Å²) in [6, 6.07) is 4.64. The van der Waals surface area contributed by atoms with Crippen molar-refractivity contribution in [1.29, 1.82) is 0 Å². The van der Waals surface area contributed by atoms with Crippen LogP contribution in [0.3, 0.4) is 0 Å². The van der Waals surface area contributed by atoms with E-state index in [1.54, 1.807) is 26.0 Å². The van der Waals surface area contributed by atoms with Crippen molar-refractivity contribution in [2.45, 2.75) is 13.8 Å². The molecule has 134 valence electrons. The molecule has 0 unspecified atom stereocenters. The fourth-order valence-electron chi connectivity index (χ4n) is 1.57. The standard InChI is InChI=1S/C14H14ClN3O7/c1-3-21-13(19)24-17-11-12(18-25-14(20)22-4-2)23-10-6-5-8(15)7-9(10)16-11/h5-7H,3-4H2,1-2H3,(H,16,17)/b18-12+. The summed E-state index contributed by atoms with van der Waals surface area (Å²) in [5, 5.41) is 3.91. The summed E-state index contributed by atoms with van der Waals surface area (Å²) >= 11 is 5.90. The number of rotatable bonds is 5. The zero-order valence-corrected chi connectivity index (χ0v) is 14.0. The number of benzene rings is 1. The van der Waals surface area contributed by atoms with Crippen molar-refractivity contribution in [2.24, 2.45) is 5.16 Å². The minimum absolute atomic E-state index is 0.108. The van der Waals surface area contributed by atoms with E-state index < -0.39 is 12.3 Å². The third-order valence-corrected chi connectivity index (χ3v) is 2.76. The maximum Gasteiger partial charge on any atom is 0.535 e. The molecule has 10 nitrogen and oxygen atoms in total. The lowest BCUT2D eigenvalue weighted by Gasteiger charge is -2.06. The van der Waals surface area contributed by atoms with Crippen LogP contribution >= 0.6 is 11.6 Å². The predicted molar refractivity (Wildman–Crippen MR) is 84.4 cm³/mol. The molecule has 2 aromatic rings. The van der Waals surface area contributed by atoms with Gasteiger partial charge in [0.15, 0.2) is 5.58 Å². The van der Waals surface area contributed by atoms with Gasteiger partial charge in [-0.3, -0.25) is 4.84 Å². The number of aromatic nitrogens is 1. The molecule has 0 spiro atoms. The van der Waals surface area contributed by atoms with Crippen LogP contribution in [0.15, 0.2) is 27.8 Å². The number of nitrogens with one attached hydrogen (secondary N) is 1. The van der Waals surface area contributed by atoms with Crippen LogP contribution in [-0.2, 0) is 19.1 Å². The zero-order valence-electron chi connectivity index (χ0n) is 13.3. The Morgan fingerprint density at radius 1 is 1.24 bits per heavy atom. The Morgan fingerprint density at radius 3 is 2.68 bits per heavy atom. The summed E-state index contributed by atoms with van der Waals surface area (Å²) in [6.45, 7) is 3.44. The molecule has 1 N–H and O–H groups in total. The maximum atomic E-state index is 11.3. The summed E-state index contributed by atoms with van der Waals surface area (Å²) in [4.78, 5) is 35.8. The van der Waals surface area contributed by atoms with E-state index in [0.29, 0.717) is 16.1 Å². The van der Waals surface area contributed by atoms with Crippen LogP contribution in [0.5, 0.6) is 0 Å². The van der Waals surface area contributed by atoms with Gasteiger partial charge in [-0.1, -0.05) is 11.6 Å². The van der Waals surface area contributed by atoms with Crippen LogP contribution in [-0.4, -0.2) is 30.5 Å². The van der Waals surface area contributed by atoms with Gasteiger partial charge in [0.25, 0.3) is 0 Å². The molecular weight excluding hydrogens is 358 g/mol. The highest BCUT2D eigenvalue weighted by Crippen LogP contribution is 2.17. The zero-order chi connectivity index (χ0) is 18.2. The molecule has 11 heteroatoms. The Balaban J connectivity index is 2.36. The second-order valence-electron chi connectivity index (χ2n) is 4.23. The quantitative estimate of drug-likeness (QED) is 0.480. The molecule has 0 aliphatic heterocycles. The van der Waals surface area contributed by atoms with E-state index in [0.717, 1.165) is 0 Å². The highest BCUT2D eigenvalue weighted by molar-refractivity contribution is 6.31. The first-order chi connectivity index (χ1) is 12.0. The Bertz CT molecular complexity index is 837. The van der Waals surface area contributed by atoms with Gasteiger partial charge in [0.2, 0.25) is 5.82 Å². The average Bonchev–Trinajstić information content (AvgIpc) is 2.58. The molecule has 0 aliphatic rings. The lowest BCUT2D eigenvalue weighted by molar-refractivity contribution is 0.0545. The van der Waals surface area contributed by atoms with Crippen molar-refractivity contribution in [3.63, 3.8) is 0 Å². The molecule has 0 fully saturated rings. The van der Waals surface area contributed by atoms with Gasteiger partial charge in [-0.25, -0.2) is 14.6 Å². The minimum Gasteiger partial charge on any atom is -0.433 e. The van der Waals surface area contributed by atoms with Crippen molar-refractivity contribution in [2.75, 3.05) is 18.7 Å². The Morgan fingerprint density at radius 2 is 1.96 bits per heavy atom. The van der Waals surface area contributed by atoms with Crippen LogP contribution in [0.25, 0.3) is 11.1 Å². The Labute approximate surface area is 146 Å². The van der Waals surface area contributed by atoms with Gasteiger partial charge in [-0.15, -0.1) is 0 Å². The smallest absolute Gasteiger partial charge is 0.433 e. The van der Waals surface area contributed by atoms with Crippen LogP contribution < -0.4 is 11.0 Å². The van der Waals surface area contributed by atoms with Crippen molar-refractivity contribution >= 4 is 40.8 Å². The maximum absolute atomic E-state index is 11.3. The lowest BCUT2D eigenvalue weighted by Crippen LogP contribution is -2.19. The molecule has 2 rings (SSSR count). The molecule has 0 saturated heterocycles. The predicted octanol–water partition coefficient (Wildman–Crippen LogP) is 2.97. The van der Waals surface area contributed by atoms with Crippen molar-refractivity contribution in [3.8, 4) is 0 Å². The molecule has 0 radical (unpaired) electrons. The molecule has 0 amide bonds. The number of carbonyl (C=O) groups excluding carboxylic acids is 2. The second kappa shape index (κ2) is 8.73. The highest BCUT2D eigenvalue weighted by atomic mass is 35.5. The highest BCUT2D eigenvalue weighted by Gasteiger charge is 2.11. The number of halogens is 1. The van der Waals surface area contributed by atoms with Gasteiger partial charge >= 0.3 is 17.9 Å². The summed E-state index contributed by atoms with van der Waals surface area (Å²) in [7, 11) is 0. The van der Waals surface area contributed by atoms with Crippen molar-refractivity contribution in [1.82, 2.24) is 4.98 Å². The van der Waals surface area contributed by atoms with Gasteiger partial charge in [-0.05, 0) is 37.2 Å². The monoisotopic (exact) mass is 371 g/mol. The first kappa shape index (κ1) is 18.3. The summed E-state index contributed by atoms with van der Waals surface area (Å²) in [6.07, 6.45) is -2.03. The van der Waals surface area contributed by atoms with E-state index >= 15 is 0 Å². The van der Waals surface area contributed by atoms with Gasteiger partial charge < -0.3 is 18.7 Å². The first-order valence-corrected chi connectivity index (χ1v) is 7.49. The normalized spacial score (nSPS) is 11.1. The number of ether oxygens (including phenoxy) is 2. The average molecular weight is 372 g/mol. The second-order valence-corrected chi connectivity index (χ2v) is 4.67. The van der Waals surface area contributed by atoms with E-state index in [-0.39, 0.29) is 24.6 Å². The van der Waals surface area contributed by atoms with E-state index in [4.69, 9.17) is 16.0 Å². The SMILES string of the molecule is CCOC(=O)O/N=c1/oc2ccc(Cl)cc2nc1NOC(=O)OCC. The number of hydrogen-bond donors (Lipinski definition) is 1. The molecule has 1 aromatic heterocycles. The number of fused-ring (bicyclic) bond motifs is 1. The van der Waals surface area contributed by atoms with Crippen LogP contribution in [0, 0.1) is 0 Å². The molecule has 0 saturated carbocycles. The number of carbonyl (C=O) groups is 2. The number of hydrogen-bond acceptors (Lipinski definition) is 10. The Kier molecular flexibility index (Phi) is 6.40. The lowest BCUT2D eigenvalue weighted by atomic mass is 10.3. The van der Waals surface area contributed by atoms with Gasteiger partial charge in [0.05, 0.1) is 13.2 Å². The molecule has 25 heavy (non-hydrogen) atoms. The minimum atomic E-state index is -1.04. The van der Waals surface area contributed by atoms with Gasteiger partial charge in [0, 0.05) is 5.02 Å². The third kappa shape index (κ3) is 5.24. The number of nitrogens with zero attached hydrogens (tertiary/aromatic N) is 2. The summed E-state index contributed by atoms with van der Waals surface area (Å²) in [5.41, 5.74) is 2.59. The first-order valence-electron chi connectivity index (χ1n) is 7.11. The van der Waals surface area contributed by atoms with E-state index in [1.165, 1.54) is 6.07 Å². The fraction of sp³-hybridized carbons (Fsp3) is 0.286. The summed E-state index contributed by atoms with van der Waals surface area (Å²) in [5.74, 6) is -0.146. The van der Waals surface area contributed by atoms with Crippen molar-refractivity contribution < 1.29 is 33.2 Å². The molecule has 1 aromatic carbocycles. The van der Waals surface area contributed by atoms with Gasteiger partial charge in [-0.2, -0.15) is 5.48 Å². The molecule has 0 bridgehead atoms. The molecule has 1 heterocycles. The third-order valence-electron chi connectivity index (χ3n) is 2.52.